The molecule has 1 heterocycles. The zero-order valence-corrected chi connectivity index (χ0v) is 20.7. The lowest BCUT2D eigenvalue weighted by molar-refractivity contribution is -0.293. The van der Waals surface area contributed by atoms with Gasteiger partial charge in [-0.05, 0) is 20.8 Å². The Kier molecular flexibility index (Phi) is 12.5. The van der Waals surface area contributed by atoms with Crippen molar-refractivity contribution in [3.05, 3.63) is 0 Å². The number of aliphatic hydroxyl groups excluding tert-OH is 3. The Morgan fingerprint density at radius 2 is 1.54 bits per heavy atom. The van der Waals surface area contributed by atoms with E-state index in [1.54, 1.807) is 20.8 Å². The molecule has 6 atom stereocenters. The summed E-state index contributed by atoms with van der Waals surface area (Å²) in [5.41, 5.74) is -0.726. The summed E-state index contributed by atoms with van der Waals surface area (Å²) in [6, 6.07) is 0. The van der Waals surface area contributed by atoms with Crippen molar-refractivity contribution in [1.29, 1.82) is 0 Å². The Labute approximate surface area is 201 Å². The van der Waals surface area contributed by atoms with Crippen LogP contribution in [0.15, 0.2) is 0 Å². The summed E-state index contributed by atoms with van der Waals surface area (Å²) in [5, 5.41) is 36.2. The van der Waals surface area contributed by atoms with E-state index in [-0.39, 0.29) is 6.54 Å². The predicted molar refractivity (Wildman–Crippen MR) is 116 cm³/mol. The van der Waals surface area contributed by atoms with Crippen LogP contribution in [0.1, 0.15) is 20.8 Å². The van der Waals surface area contributed by atoms with Gasteiger partial charge in [0.25, 0.3) is 0 Å². The molecule has 0 radical (unpaired) electrons. The lowest BCUT2D eigenvalue weighted by Crippen LogP contribution is -2.59. The first-order valence-electron chi connectivity index (χ1n) is 10.5. The van der Waals surface area contributed by atoms with Crippen molar-refractivity contribution in [2.24, 2.45) is 0 Å². The van der Waals surface area contributed by atoms with Crippen LogP contribution in [0.4, 0.5) is 4.79 Å². The van der Waals surface area contributed by atoms with E-state index in [0.717, 1.165) is 0 Å². The highest BCUT2D eigenvalue weighted by atomic mass is 31.2. The average molecular weight is 531 g/mol. The molecule has 204 valence electrons. The van der Waals surface area contributed by atoms with Gasteiger partial charge >= 0.3 is 13.9 Å². The summed E-state index contributed by atoms with van der Waals surface area (Å²) in [4.78, 5) is 44.5. The lowest BCUT2D eigenvalue weighted by Gasteiger charge is -2.39. The van der Waals surface area contributed by atoms with Gasteiger partial charge in [0.05, 0.1) is 19.8 Å². The molecule has 7 N–H and O–H groups in total. The number of methoxy groups -OCH3 is 1. The van der Waals surface area contributed by atoms with Gasteiger partial charge in [-0.25, -0.2) is 9.36 Å². The minimum Gasteiger partial charge on any atom is -0.444 e. The molecular weight excluding hydrogens is 497 g/mol. The SMILES string of the molecule is CO[C@H]1O[C@H](COP(=O)(O)OCCNC(=O)CNC(=O)CNC(=O)OC(C)(C)C)[C@@H](O)[C@H](O)[C@@H]1O. The Bertz CT molecular complexity index is 760. The number of hydrogen-bond donors (Lipinski definition) is 7. The van der Waals surface area contributed by atoms with E-state index in [4.69, 9.17) is 18.7 Å². The molecule has 0 aliphatic carbocycles. The lowest BCUT2D eigenvalue weighted by atomic mass is 9.99. The average Bonchev–Trinajstić information content (AvgIpc) is 2.76. The fraction of sp³-hybridized carbons (Fsp3) is 0.833. The van der Waals surface area contributed by atoms with Crippen LogP contribution in [0, 0.1) is 0 Å². The number of nitrogens with one attached hydrogen (secondary N) is 3. The normalized spacial score (nSPS) is 26.3. The van der Waals surface area contributed by atoms with E-state index in [1.165, 1.54) is 7.11 Å². The second-order valence-corrected chi connectivity index (χ2v) is 9.78. The Hall–Kier alpha value is -1.88. The molecule has 1 saturated heterocycles. The van der Waals surface area contributed by atoms with Gasteiger partial charge in [0.15, 0.2) is 6.29 Å². The molecule has 0 aromatic heterocycles. The van der Waals surface area contributed by atoms with Crippen molar-refractivity contribution in [2.75, 3.05) is 40.0 Å². The van der Waals surface area contributed by atoms with Crippen LogP contribution in [-0.2, 0) is 37.4 Å². The monoisotopic (exact) mass is 531 g/mol. The number of phosphoric acid groups is 1. The van der Waals surface area contributed by atoms with Gasteiger partial charge in [-0.1, -0.05) is 0 Å². The van der Waals surface area contributed by atoms with Crippen molar-refractivity contribution in [3.8, 4) is 0 Å². The molecular formula is C18H34N3O13P. The first kappa shape index (κ1) is 31.2. The largest absolute Gasteiger partial charge is 0.472 e. The molecule has 1 aliphatic heterocycles. The van der Waals surface area contributed by atoms with Crippen molar-refractivity contribution in [3.63, 3.8) is 0 Å². The first-order chi connectivity index (χ1) is 16.1. The second kappa shape index (κ2) is 14.0. The van der Waals surface area contributed by atoms with Gasteiger partial charge < -0.3 is 50.4 Å². The number of phosphoric ester groups is 1. The standard InChI is InChI=1S/C18H34N3O13P/c1-18(2,3)34-17(27)21-8-12(23)20-7-11(22)19-5-6-31-35(28,29)32-9-10-13(24)14(25)15(26)16(30-4)33-10/h10,13-16,24-26H,5-9H2,1-4H3,(H,19,22)(H,20,23)(H,21,27)(H,28,29)/t10-,13-,14+,15+,16+/m1/s1. The number of hydrogen-bond acceptors (Lipinski definition) is 12. The quantitative estimate of drug-likeness (QED) is 0.101. The number of amides is 3. The Morgan fingerprint density at radius 3 is 2.14 bits per heavy atom. The van der Waals surface area contributed by atoms with Crippen LogP contribution in [0.3, 0.4) is 0 Å². The summed E-state index contributed by atoms with van der Waals surface area (Å²) < 4.78 is 36.3. The minimum atomic E-state index is -4.62. The smallest absolute Gasteiger partial charge is 0.444 e. The molecule has 35 heavy (non-hydrogen) atoms. The number of carbonyl (C=O) groups excluding carboxylic acids is 3. The third kappa shape index (κ3) is 12.1. The molecule has 16 nitrogen and oxygen atoms in total. The number of aliphatic hydroxyl groups is 3. The maximum atomic E-state index is 11.9. The molecule has 1 fully saturated rings. The molecule has 0 spiro atoms. The van der Waals surface area contributed by atoms with Crippen LogP contribution in [0.2, 0.25) is 0 Å². The van der Waals surface area contributed by atoms with Crippen LogP contribution in [0.5, 0.6) is 0 Å². The molecule has 0 bridgehead atoms. The van der Waals surface area contributed by atoms with Gasteiger partial charge in [0.2, 0.25) is 11.8 Å². The maximum Gasteiger partial charge on any atom is 0.472 e. The topological polar surface area (TPSA) is 231 Å². The summed E-state index contributed by atoms with van der Waals surface area (Å²) in [6.45, 7) is 2.83. The van der Waals surface area contributed by atoms with Gasteiger partial charge in [-0.15, -0.1) is 0 Å². The van der Waals surface area contributed by atoms with Gasteiger partial charge in [0.1, 0.15) is 36.6 Å². The number of rotatable bonds is 12. The van der Waals surface area contributed by atoms with Crippen LogP contribution in [0.25, 0.3) is 0 Å². The molecule has 0 saturated carbocycles. The predicted octanol–water partition coefficient (Wildman–Crippen LogP) is -2.67. The summed E-state index contributed by atoms with van der Waals surface area (Å²) in [5.74, 6) is -1.28. The molecule has 17 heteroatoms. The fourth-order valence-electron chi connectivity index (χ4n) is 2.58. The molecule has 1 unspecified atom stereocenters. The third-order valence-corrected chi connectivity index (χ3v) is 5.20. The molecule has 3 amide bonds. The van der Waals surface area contributed by atoms with Gasteiger partial charge in [0, 0.05) is 13.7 Å². The highest BCUT2D eigenvalue weighted by Crippen LogP contribution is 2.43. The molecule has 1 rings (SSSR count). The van der Waals surface area contributed by atoms with E-state index in [0.29, 0.717) is 0 Å². The van der Waals surface area contributed by atoms with E-state index < -0.39 is 88.3 Å². The molecule has 0 aromatic rings. The Balaban J connectivity index is 2.25. The zero-order chi connectivity index (χ0) is 26.8. The second-order valence-electron chi connectivity index (χ2n) is 8.33. The van der Waals surface area contributed by atoms with Crippen molar-refractivity contribution < 1.29 is 62.4 Å². The van der Waals surface area contributed by atoms with Crippen LogP contribution in [-0.4, -0.2) is 114 Å². The van der Waals surface area contributed by atoms with E-state index in [9.17, 15) is 39.2 Å². The van der Waals surface area contributed by atoms with E-state index in [2.05, 4.69) is 20.5 Å². The fourth-order valence-corrected chi connectivity index (χ4v) is 3.31. The van der Waals surface area contributed by atoms with Crippen molar-refractivity contribution >= 4 is 25.7 Å². The highest BCUT2D eigenvalue weighted by molar-refractivity contribution is 7.47. The van der Waals surface area contributed by atoms with Crippen LogP contribution >= 0.6 is 7.82 Å². The van der Waals surface area contributed by atoms with E-state index >= 15 is 0 Å². The number of ether oxygens (including phenoxy) is 3. The minimum absolute atomic E-state index is 0.210. The third-order valence-electron chi connectivity index (χ3n) is 4.22. The van der Waals surface area contributed by atoms with Gasteiger partial charge in [-0.3, -0.25) is 18.6 Å². The van der Waals surface area contributed by atoms with Crippen molar-refractivity contribution in [1.82, 2.24) is 16.0 Å². The summed E-state index contributed by atoms with van der Waals surface area (Å²) in [6.07, 6.45) is -8.16. The molecule has 0 aromatic carbocycles. The maximum absolute atomic E-state index is 11.9. The Morgan fingerprint density at radius 1 is 0.943 bits per heavy atom. The number of alkyl carbamates (subject to hydrolysis) is 1. The van der Waals surface area contributed by atoms with Crippen molar-refractivity contribution in [2.45, 2.75) is 57.1 Å². The summed E-state index contributed by atoms with van der Waals surface area (Å²) >= 11 is 0. The van der Waals surface area contributed by atoms with E-state index in [1.807, 2.05) is 0 Å². The highest BCUT2D eigenvalue weighted by Gasteiger charge is 2.44. The van der Waals surface area contributed by atoms with Crippen LogP contribution < -0.4 is 16.0 Å². The zero-order valence-electron chi connectivity index (χ0n) is 19.8. The number of carbonyl (C=O) groups is 3. The molecule has 1 aliphatic rings. The van der Waals surface area contributed by atoms with Gasteiger partial charge in [-0.2, -0.15) is 0 Å². The first-order valence-corrected chi connectivity index (χ1v) is 12.0. The summed E-state index contributed by atoms with van der Waals surface area (Å²) in [7, 11) is -3.43.